The van der Waals surface area contributed by atoms with E-state index in [9.17, 15) is 14.7 Å². The van der Waals surface area contributed by atoms with Gasteiger partial charge in [0.25, 0.3) is 0 Å². The number of aliphatic hydroxyl groups is 1. The zero-order chi connectivity index (χ0) is 14.0. The molecule has 1 aliphatic carbocycles. The first-order valence-corrected chi connectivity index (χ1v) is 5.81. The summed E-state index contributed by atoms with van der Waals surface area (Å²) in [6.45, 7) is 1.42. The Hall–Kier alpha value is -2.40. The van der Waals surface area contributed by atoms with E-state index in [0.717, 1.165) is 6.08 Å². The van der Waals surface area contributed by atoms with E-state index in [1.807, 2.05) is 6.07 Å². The first kappa shape index (κ1) is 13.0. The van der Waals surface area contributed by atoms with Gasteiger partial charge in [-0.2, -0.15) is 0 Å². The molecule has 2 rings (SSSR count). The van der Waals surface area contributed by atoms with Crippen LogP contribution in [0.15, 0.2) is 53.4 Å². The van der Waals surface area contributed by atoms with Gasteiger partial charge in [0.05, 0.1) is 6.10 Å². The minimum atomic E-state index is -1.02. The van der Waals surface area contributed by atoms with Gasteiger partial charge >= 0.3 is 0 Å². The van der Waals surface area contributed by atoms with E-state index in [1.54, 1.807) is 24.3 Å². The van der Waals surface area contributed by atoms with E-state index in [0.29, 0.717) is 5.69 Å². The molecule has 0 fully saturated rings. The van der Waals surface area contributed by atoms with Crippen LogP contribution in [0, 0.1) is 0 Å². The smallest absolute Gasteiger partial charge is 0.209 e. The Bertz CT molecular complexity index is 586. The van der Waals surface area contributed by atoms with E-state index in [1.165, 1.54) is 6.92 Å². The van der Waals surface area contributed by atoms with E-state index in [-0.39, 0.29) is 17.0 Å². The predicted molar refractivity (Wildman–Crippen MR) is 71.1 cm³/mol. The summed E-state index contributed by atoms with van der Waals surface area (Å²) in [5, 5.41) is 12.2. The second-order valence-corrected chi connectivity index (χ2v) is 4.25. The first-order chi connectivity index (χ1) is 9.00. The van der Waals surface area contributed by atoms with Crippen LogP contribution in [0.4, 0.5) is 5.69 Å². The fraction of sp³-hybridized carbons (Fsp3) is 0.143. The largest absolute Gasteiger partial charge is 0.394 e. The Morgan fingerprint density at radius 3 is 2.42 bits per heavy atom. The van der Waals surface area contributed by atoms with Gasteiger partial charge in [0.2, 0.25) is 11.6 Å². The molecule has 0 saturated heterocycles. The fourth-order valence-electron chi connectivity index (χ4n) is 1.79. The SMILES string of the molecule is CC(O)C1=CC(=O)C(Nc2ccccc2)=C(N)C1=O. The molecule has 0 bridgehead atoms. The van der Waals surface area contributed by atoms with Crippen LogP contribution >= 0.6 is 0 Å². The van der Waals surface area contributed by atoms with Crippen LogP contribution in [0.25, 0.3) is 0 Å². The van der Waals surface area contributed by atoms with Crippen LogP contribution in [0.2, 0.25) is 0 Å². The quantitative estimate of drug-likeness (QED) is 0.695. The highest BCUT2D eigenvalue weighted by Gasteiger charge is 2.28. The molecule has 0 spiro atoms. The molecule has 0 heterocycles. The molecular formula is C14H14N2O3. The van der Waals surface area contributed by atoms with Crippen molar-refractivity contribution in [2.24, 2.45) is 5.73 Å². The number of aliphatic hydroxyl groups excluding tert-OH is 1. The van der Waals surface area contributed by atoms with Gasteiger partial charge in [-0.25, -0.2) is 0 Å². The molecule has 1 unspecified atom stereocenters. The summed E-state index contributed by atoms with van der Waals surface area (Å²) in [6.07, 6.45) is 0.0996. The summed E-state index contributed by atoms with van der Waals surface area (Å²) >= 11 is 0. The Kier molecular flexibility index (Phi) is 3.48. The highest BCUT2D eigenvalue weighted by Crippen LogP contribution is 2.20. The average molecular weight is 258 g/mol. The maximum Gasteiger partial charge on any atom is 0.209 e. The molecule has 5 nitrogen and oxygen atoms in total. The van der Waals surface area contributed by atoms with E-state index < -0.39 is 17.7 Å². The number of carbonyl (C=O) groups excluding carboxylic acids is 2. The third kappa shape index (κ3) is 2.56. The van der Waals surface area contributed by atoms with Crippen molar-refractivity contribution >= 4 is 17.3 Å². The first-order valence-electron chi connectivity index (χ1n) is 5.81. The molecule has 5 heteroatoms. The molecule has 1 aliphatic rings. The number of para-hydroxylation sites is 1. The molecule has 0 radical (unpaired) electrons. The molecule has 1 aromatic carbocycles. The summed E-state index contributed by atoms with van der Waals surface area (Å²) < 4.78 is 0. The lowest BCUT2D eigenvalue weighted by molar-refractivity contribution is -0.116. The van der Waals surface area contributed by atoms with Crippen molar-refractivity contribution in [1.82, 2.24) is 0 Å². The van der Waals surface area contributed by atoms with Crippen LogP contribution in [-0.2, 0) is 9.59 Å². The Labute approximate surface area is 110 Å². The Balaban J connectivity index is 2.32. The van der Waals surface area contributed by atoms with Crippen LogP contribution in [0.3, 0.4) is 0 Å². The lowest BCUT2D eigenvalue weighted by atomic mass is 9.94. The number of hydrogen-bond acceptors (Lipinski definition) is 5. The molecule has 0 amide bonds. The number of allylic oxidation sites excluding steroid dienone is 2. The zero-order valence-corrected chi connectivity index (χ0v) is 10.4. The predicted octanol–water partition coefficient (Wildman–Crippen LogP) is 0.728. The third-order valence-electron chi connectivity index (χ3n) is 2.80. The Morgan fingerprint density at radius 2 is 1.84 bits per heavy atom. The average Bonchev–Trinajstić information content (AvgIpc) is 2.40. The summed E-state index contributed by atoms with van der Waals surface area (Å²) in [6, 6.07) is 8.94. The van der Waals surface area contributed by atoms with Gasteiger partial charge in [-0.15, -0.1) is 0 Å². The second-order valence-electron chi connectivity index (χ2n) is 4.25. The number of carbonyl (C=O) groups is 2. The molecule has 98 valence electrons. The van der Waals surface area contributed by atoms with Gasteiger partial charge in [0.15, 0.2) is 0 Å². The van der Waals surface area contributed by atoms with Crippen LogP contribution < -0.4 is 11.1 Å². The van der Waals surface area contributed by atoms with Crippen LogP contribution in [0.1, 0.15) is 6.92 Å². The number of benzene rings is 1. The maximum absolute atomic E-state index is 11.9. The number of Topliss-reactive ketones (excluding diaryl/α,β-unsaturated/α-hetero) is 1. The molecule has 19 heavy (non-hydrogen) atoms. The number of anilines is 1. The second kappa shape index (κ2) is 5.07. The minimum absolute atomic E-state index is 0.0149. The minimum Gasteiger partial charge on any atom is -0.394 e. The van der Waals surface area contributed by atoms with E-state index in [2.05, 4.69) is 5.32 Å². The van der Waals surface area contributed by atoms with Crippen molar-refractivity contribution in [1.29, 1.82) is 0 Å². The van der Waals surface area contributed by atoms with Crippen molar-refractivity contribution in [2.75, 3.05) is 5.32 Å². The molecule has 0 aliphatic heterocycles. The summed E-state index contributed by atoms with van der Waals surface area (Å²) in [4.78, 5) is 23.8. The van der Waals surface area contributed by atoms with Crippen molar-refractivity contribution in [2.45, 2.75) is 13.0 Å². The van der Waals surface area contributed by atoms with Gasteiger partial charge in [0.1, 0.15) is 11.4 Å². The molecule has 0 saturated carbocycles. The number of nitrogens with two attached hydrogens (primary N) is 1. The monoisotopic (exact) mass is 258 g/mol. The Morgan fingerprint density at radius 1 is 1.21 bits per heavy atom. The molecule has 0 aromatic heterocycles. The summed E-state index contributed by atoms with van der Waals surface area (Å²) in [5.74, 6) is -0.940. The van der Waals surface area contributed by atoms with E-state index >= 15 is 0 Å². The zero-order valence-electron chi connectivity index (χ0n) is 10.4. The van der Waals surface area contributed by atoms with Crippen molar-refractivity contribution < 1.29 is 14.7 Å². The maximum atomic E-state index is 11.9. The van der Waals surface area contributed by atoms with Gasteiger partial charge in [-0.05, 0) is 25.1 Å². The summed E-state index contributed by atoms with van der Waals surface area (Å²) in [5.41, 5.74) is 6.23. The lowest BCUT2D eigenvalue weighted by Gasteiger charge is -2.18. The number of nitrogens with one attached hydrogen (secondary N) is 1. The topological polar surface area (TPSA) is 92.4 Å². The van der Waals surface area contributed by atoms with Gasteiger partial charge in [0, 0.05) is 11.3 Å². The van der Waals surface area contributed by atoms with Crippen molar-refractivity contribution in [3.05, 3.63) is 53.4 Å². The van der Waals surface area contributed by atoms with E-state index in [4.69, 9.17) is 5.73 Å². The van der Waals surface area contributed by atoms with Gasteiger partial charge < -0.3 is 16.2 Å². The van der Waals surface area contributed by atoms with Gasteiger partial charge in [-0.1, -0.05) is 18.2 Å². The van der Waals surface area contributed by atoms with Crippen LogP contribution in [-0.4, -0.2) is 22.8 Å². The van der Waals surface area contributed by atoms with Crippen LogP contribution in [0.5, 0.6) is 0 Å². The lowest BCUT2D eigenvalue weighted by Crippen LogP contribution is -2.31. The van der Waals surface area contributed by atoms with Crippen molar-refractivity contribution in [3.63, 3.8) is 0 Å². The third-order valence-corrected chi connectivity index (χ3v) is 2.80. The fourth-order valence-corrected chi connectivity index (χ4v) is 1.79. The van der Waals surface area contributed by atoms with Gasteiger partial charge in [-0.3, -0.25) is 9.59 Å². The number of rotatable bonds is 3. The summed E-state index contributed by atoms with van der Waals surface area (Å²) in [7, 11) is 0. The molecule has 4 N–H and O–H groups in total. The normalized spacial score (nSPS) is 17.3. The van der Waals surface area contributed by atoms with Crippen molar-refractivity contribution in [3.8, 4) is 0 Å². The molecule has 1 atom stereocenters. The molecular weight excluding hydrogens is 244 g/mol. The number of hydrogen-bond donors (Lipinski definition) is 3. The number of ketones is 2. The highest BCUT2D eigenvalue weighted by atomic mass is 16.3. The highest BCUT2D eigenvalue weighted by molar-refractivity contribution is 6.23. The molecule has 1 aromatic rings. The standard InChI is InChI=1S/C14H14N2O3/c1-8(17)10-7-11(18)13(12(15)14(10)19)16-9-5-3-2-4-6-9/h2-8,16-17H,15H2,1H3.